The minimum atomic E-state index is -1.38. The highest BCUT2D eigenvalue weighted by Gasteiger charge is 2.30. The summed E-state index contributed by atoms with van der Waals surface area (Å²) in [6.07, 6.45) is 3.82. The number of benzene rings is 3. The normalized spacial score (nSPS) is 11.6. The van der Waals surface area contributed by atoms with Gasteiger partial charge in [0.2, 0.25) is 0 Å². The van der Waals surface area contributed by atoms with E-state index >= 15 is 0 Å². The van der Waals surface area contributed by atoms with Crippen molar-refractivity contribution in [2.45, 2.75) is 26.3 Å². The van der Waals surface area contributed by atoms with Crippen molar-refractivity contribution < 1.29 is 19.4 Å². The third-order valence-corrected chi connectivity index (χ3v) is 4.81. The van der Waals surface area contributed by atoms with Gasteiger partial charge in [0.1, 0.15) is 11.3 Å². The van der Waals surface area contributed by atoms with E-state index in [0.717, 1.165) is 27.6 Å². The molecule has 3 rings (SSSR count). The number of carboxylic acid groups (broad SMARTS) is 1. The van der Waals surface area contributed by atoms with Crippen LogP contribution < -0.4 is 10.1 Å². The maximum absolute atomic E-state index is 12.9. The van der Waals surface area contributed by atoms with Crippen molar-refractivity contribution in [1.29, 1.82) is 0 Å². The zero-order chi connectivity index (χ0) is 21.7. The topological polar surface area (TPSA) is 75.6 Å². The molecule has 5 heteroatoms. The summed E-state index contributed by atoms with van der Waals surface area (Å²) in [5.41, 5.74) is 0.744. The van der Waals surface area contributed by atoms with Crippen molar-refractivity contribution in [2.75, 3.05) is 6.61 Å². The molecule has 0 spiro atoms. The van der Waals surface area contributed by atoms with Crippen molar-refractivity contribution in [2.24, 2.45) is 0 Å². The SMILES string of the molecule is CCOc1ccc(C=Cc2c(C(=O)NC(C)(C)C(=O)O)ccc3ccccc23)cc1. The molecule has 0 atom stereocenters. The predicted molar refractivity (Wildman–Crippen MR) is 120 cm³/mol. The van der Waals surface area contributed by atoms with Crippen LogP contribution in [0.2, 0.25) is 0 Å². The molecule has 154 valence electrons. The first kappa shape index (κ1) is 21.1. The van der Waals surface area contributed by atoms with Crippen LogP contribution in [0.15, 0.2) is 60.7 Å². The molecule has 0 fully saturated rings. The highest BCUT2D eigenvalue weighted by molar-refractivity contribution is 6.07. The van der Waals surface area contributed by atoms with Gasteiger partial charge in [-0.3, -0.25) is 4.79 Å². The van der Waals surface area contributed by atoms with Gasteiger partial charge in [-0.25, -0.2) is 4.79 Å². The minimum Gasteiger partial charge on any atom is -0.494 e. The summed E-state index contributed by atoms with van der Waals surface area (Å²) in [6, 6.07) is 19.1. The summed E-state index contributed by atoms with van der Waals surface area (Å²) < 4.78 is 5.47. The quantitative estimate of drug-likeness (QED) is 0.544. The Kier molecular flexibility index (Phi) is 6.21. The average molecular weight is 403 g/mol. The van der Waals surface area contributed by atoms with Gasteiger partial charge in [-0.15, -0.1) is 0 Å². The molecular weight excluding hydrogens is 378 g/mol. The number of hydrogen-bond acceptors (Lipinski definition) is 3. The summed E-state index contributed by atoms with van der Waals surface area (Å²) in [5.74, 6) is -0.724. The number of aliphatic carboxylic acids is 1. The number of ether oxygens (including phenoxy) is 1. The molecule has 0 aliphatic heterocycles. The Balaban J connectivity index is 2.01. The van der Waals surface area contributed by atoms with Crippen molar-refractivity contribution in [3.8, 4) is 5.75 Å². The van der Waals surface area contributed by atoms with Crippen LogP contribution in [0.25, 0.3) is 22.9 Å². The molecule has 0 saturated heterocycles. The highest BCUT2D eigenvalue weighted by Crippen LogP contribution is 2.26. The van der Waals surface area contributed by atoms with Crippen LogP contribution in [0.4, 0.5) is 0 Å². The van der Waals surface area contributed by atoms with Crippen LogP contribution in [-0.2, 0) is 4.79 Å². The second-order valence-electron chi connectivity index (χ2n) is 7.47. The lowest BCUT2D eigenvalue weighted by molar-refractivity contribution is -0.143. The number of carboxylic acids is 1. The summed E-state index contributed by atoms with van der Waals surface area (Å²) >= 11 is 0. The molecule has 0 aliphatic rings. The van der Waals surface area contributed by atoms with Gasteiger partial charge in [0, 0.05) is 5.56 Å². The zero-order valence-electron chi connectivity index (χ0n) is 17.3. The lowest BCUT2D eigenvalue weighted by Gasteiger charge is -2.22. The average Bonchev–Trinajstić information content (AvgIpc) is 2.72. The Bertz CT molecular complexity index is 1100. The van der Waals surface area contributed by atoms with Gasteiger partial charge < -0.3 is 15.2 Å². The lowest BCUT2D eigenvalue weighted by Crippen LogP contribution is -2.49. The summed E-state index contributed by atoms with van der Waals surface area (Å²) in [7, 11) is 0. The minimum absolute atomic E-state index is 0.421. The second kappa shape index (κ2) is 8.82. The molecule has 3 aromatic rings. The number of nitrogens with one attached hydrogen (secondary N) is 1. The first-order chi connectivity index (χ1) is 14.3. The Hall–Kier alpha value is -3.60. The molecule has 0 saturated carbocycles. The van der Waals surface area contributed by atoms with E-state index in [9.17, 15) is 14.7 Å². The van der Waals surface area contributed by atoms with E-state index in [-0.39, 0.29) is 0 Å². The lowest BCUT2D eigenvalue weighted by atomic mass is 9.96. The smallest absolute Gasteiger partial charge is 0.328 e. The Morgan fingerprint density at radius 3 is 2.37 bits per heavy atom. The van der Waals surface area contributed by atoms with Crippen LogP contribution >= 0.6 is 0 Å². The van der Waals surface area contributed by atoms with Crippen molar-refractivity contribution >= 4 is 34.8 Å². The molecular formula is C25H25NO4. The molecule has 30 heavy (non-hydrogen) atoms. The summed E-state index contributed by atoms with van der Waals surface area (Å²) in [6.45, 7) is 5.47. The number of carbonyl (C=O) groups excluding carboxylic acids is 1. The van der Waals surface area contributed by atoms with E-state index in [1.165, 1.54) is 13.8 Å². The summed E-state index contributed by atoms with van der Waals surface area (Å²) in [4.78, 5) is 24.4. The maximum Gasteiger partial charge on any atom is 0.328 e. The summed E-state index contributed by atoms with van der Waals surface area (Å²) in [5, 5.41) is 13.9. The Morgan fingerprint density at radius 1 is 1.00 bits per heavy atom. The monoisotopic (exact) mass is 403 g/mol. The van der Waals surface area contributed by atoms with E-state index in [4.69, 9.17) is 4.74 Å². The van der Waals surface area contributed by atoms with Gasteiger partial charge in [0.15, 0.2) is 0 Å². The molecule has 0 aromatic heterocycles. The van der Waals surface area contributed by atoms with Gasteiger partial charge in [0.25, 0.3) is 5.91 Å². The van der Waals surface area contributed by atoms with Gasteiger partial charge in [-0.05, 0) is 60.9 Å². The third kappa shape index (κ3) is 4.69. The standard InChI is InChI=1S/C25H25NO4/c1-4-30-19-13-9-17(10-14-19)11-15-21-20-8-6-5-7-18(20)12-16-22(21)23(27)26-25(2,3)24(28)29/h5-16H,4H2,1-3H3,(H,26,27)(H,28,29). The van der Waals surface area contributed by atoms with Crippen LogP contribution in [0.5, 0.6) is 5.75 Å². The zero-order valence-corrected chi connectivity index (χ0v) is 17.3. The number of carbonyl (C=O) groups is 2. The number of fused-ring (bicyclic) bond motifs is 1. The second-order valence-corrected chi connectivity index (χ2v) is 7.47. The number of rotatable bonds is 7. The van der Waals surface area contributed by atoms with Gasteiger partial charge in [-0.2, -0.15) is 0 Å². The fourth-order valence-electron chi connectivity index (χ4n) is 3.10. The van der Waals surface area contributed by atoms with Crippen molar-refractivity contribution in [3.05, 3.63) is 77.4 Å². The Labute approximate surface area is 176 Å². The molecule has 0 radical (unpaired) electrons. The van der Waals surface area contributed by atoms with E-state index in [1.807, 2.05) is 73.7 Å². The molecule has 0 bridgehead atoms. The van der Waals surface area contributed by atoms with Gasteiger partial charge >= 0.3 is 5.97 Å². The molecule has 3 aromatic carbocycles. The highest BCUT2D eigenvalue weighted by atomic mass is 16.5. The van der Waals surface area contributed by atoms with Crippen molar-refractivity contribution in [3.63, 3.8) is 0 Å². The Morgan fingerprint density at radius 2 is 1.70 bits per heavy atom. The van der Waals surface area contributed by atoms with Crippen LogP contribution in [-0.4, -0.2) is 29.1 Å². The first-order valence-electron chi connectivity index (χ1n) is 9.80. The number of amides is 1. The fraction of sp³-hybridized carbons (Fsp3) is 0.200. The fourth-order valence-corrected chi connectivity index (χ4v) is 3.10. The van der Waals surface area contributed by atoms with Crippen LogP contribution in [0.3, 0.4) is 0 Å². The molecule has 0 aliphatic carbocycles. The van der Waals surface area contributed by atoms with E-state index in [1.54, 1.807) is 6.07 Å². The molecule has 5 nitrogen and oxygen atoms in total. The number of hydrogen-bond donors (Lipinski definition) is 2. The third-order valence-electron chi connectivity index (χ3n) is 4.81. The van der Waals surface area contributed by atoms with Crippen molar-refractivity contribution in [1.82, 2.24) is 5.32 Å². The molecule has 0 unspecified atom stereocenters. The predicted octanol–water partition coefficient (Wildman–Crippen LogP) is 5.00. The van der Waals surface area contributed by atoms with E-state index in [0.29, 0.717) is 12.2 Å². The molecule has 2 N–H and O–H groups in total. The molecule has 1 amide bonds. The molecule has 0 heterocycles. The first-order valence-corrected chi connectivity index (χ1v) is 9.80. The van der Waals surface area contributed by atoms with Gasteiger partial charge in [-0.1, -0.05) is 54.6 Å². The van der Waals surface area contributed by atoms with Crippen LogP contribution in [0.1, 0.15) is 42.3 Å². The largest absolute Gasteiger partial charge is 0.494 e. The van der Waals surface area contributed by atoms with Gasteiger partial charge in [0.05, 0.1) is 6.61 Å². The van der Waals surface area contributed by atoms with E-state index in [2.05, 4.69) is 5.32 Å². The maximum atomic E-state index is 12.9. The van der Waals surface area contributed by atoms with E-state index < -0.39 is 17.4 Å². The van der Waals surface area contributed by atoms with Crippen LogP contribution in [0, 0.1) is 0 Å².